The van der Waals surface area contributed by atoms with Gasteiger partial charge in [0.2, 0.25) is 0 Å². The molecule has 0 aliphatic heterocycles. The summed E-state index contributed by atoms with van der Waals surface area (Å²) in [5, 5.41) is 3.73. The zero-order valence-electron chi connectivity index (χ0n) is 12.8. The molecule has 0 atom stereocenters. The number of nitrogens with zero attached hydrogens (tertiary/aromatic N) is 1. The molecule has 126 valence electrons. The van der Waals surface area contributed by atoms with Crippen molar-refractivity contribution in [1.29, 1.82) is 0 Å². The third kappa shape index (κ3) is 4.84. The van der Waals surface area contributed by atoms with Gasteiger partial charge in [0.25, 0.3) is 5.91 Å². The van der Waals surface area contributed by atoms with Crippen LogP contribution in [0.5, 0.6) is 5.75 Å². The Bertz CT molecular complexity index is 708. The van der Waals surface area contributed by atoms with Crippen LogP contribution in [0, 0.1) is 0 Å². The topological polar surface area (TPSA) is 50.7 Å². The van der Waals surface area contributed by atoms with Crippen molar-refractivity contribution in [1.82, 2.24) is 5.43 Å². The number of halogens is 3. The Morgan fingerprint density at radius 3 is 2.29 bits per heavy atom. The molecule has 24 heavy (non-hydrogen) atoms. The molecule has 0 aliphatic rings. The molecule has 0 saturated carbocycles. The minimum atomic E-state index is -4.38. The monoisotopic (exact) mass is 336 g/mol. The molecular weight excluding hydrogens is 321 g/mol. The summed E-state index contributed by atoms with van der Waals surface area (Å²) in [5.41, 5.74) is 2.40. The van der Waals surface area contributed by atoms with Crippen LogP contribution in [-0.2, 0) is 6.18 Å². The van der Waals surface area contributed by atoms with Crippen LogP contribution in [0.2, 0.25) is 0 Å². The summed E-state index contributed by atoms with van der Waals surface area (Å²) in [5.74, 6) is 0.225. The van der Waals surface area contributed by atoms with Crippen molar-refractivity contribution >= 4 is 12.1 Å². The first kappa shape index (κ1) is 17.5. The number of amides is 1. The van der Waals surface area contributed by atoms with Gasteiger partial charge in [-0.25, -0.2) is 5.43 Å². The van der Waals surface area contributed by atoms with Crippen molar-refractivity contribution in [2.45, 2.75) is 13.1 Å². The molecule has 0 spiro atoms. The number of carbonyl (C=O) groups excluding carboxylic acids is 1. The van der Waals surface area contributed by atoms with Gasteiger partial charge in [-0.3, -0.25) is 4.79 Å². The molecule has 0 aromatic heterocycles. The van der Waals surface area contributed by atoms with Crippen LogP contribution in [-0.4, -0.2) is 18.7 Å². The number of ether oxygens (including phenoxy) is 1. The number of hydrogen-bond donors (Lipinski definition) is 1. The minimum Gasteiger partial charge on any atom is -0.494 e. The molecule has 4 nitrogen and oxygen atoms in total. The van der Waals surface area contributed by atoms with Crippen LogP contribution in [0.3, 0.4) is 0 Å². The smallest absolute Gasteiger partial charge is 0.416 e. The summed E-state index contributed by atoms with van der Waals surface area (Å²) in [4.78, 5) is 11.9. The highest BCUT2D eigenvalue weighted by molar-refractivity contribution is 5.94. The lowest BCUT2D eigenvalue weighted by molar-refractivity contribution is -0.137. The predicted molar refractivity (Wildman–Crippen MR) is 84.1 cm³/mol. The fourth-order valence-corrected chi connectivity index (χ4v) is 1.86. The first-order valence-corrected chi connectivity index (χ1v) is 7.13. The van der Waals surface area contributed by atoms with Crippen LogP contribution in [0.1, 0.15) is 28.4 Å². The number of rotatable bonds is 5. The molecule has 0 bridgehead atoms. The SMILES string of the molecule is CCOc1ccc(C(=O)N/N=C\c2ccc(C(F)(F)F)cc2)cc1. The fraction of sp³-hybridized carbons (Fsp3) is 0.176. The molecule has 0 fully saturated rings. The van der Waals surface area contributed by atoms with E-state index in [9.17, 15) is 18.0 Å². The van der Waals surface area contributed by atoms with Gasteiger partial charge in [-0.1, -0.05) is 12.1 Å². The van der Waals surface area contributed by atoms with Crippen LogP contribution < -0.4 is 10.2 Å². The highest BCUT2D eigenvalue weighted by Gasteiger charge is 2.29. The van der Waals surface area contributed by atoms with Crippen molar-refractivity contribution in [3.63, 3.8) is 0 Å². The molecule has 0 aliphatic carbocycles. The number of alkyl halides is 3. The van der Waals surface area contributed by atoms with Gasteiger partial charge in [-0.2, -0.15) is 18.3 Å². The van der Waals surface area contributed by atoms with E-state index in [1.807, 2.05) is 6.92 Å². The van der Waals surface area contributed by atoms with Gasteiger partial charge >= 0.3 is 6.18 Å². The third-order valence-corrected chi connectivity index (χ3v) is 3.05. The summed E-state index contributed by atoms with van der Waals surface area (Å²) in [6.45, 7) is 2.39. The Morgan fingerprint density at radius 1 is 1.12 bits per heavy atom. The molecule has 2 aromatic carbocycles. The summed E-state index contributed by atoms with van der Waals surface area (Å²) in [6.07, 6.45) is -3.11. The van der Waals surface area contributed by atoms with Gasteiger partial charge in [0.1, 0.15) is 5.75 Å². The molecule has 2 rings (SSSR count). The summed E-state index contributed by atoms with van der Waals surface area (Å²) < 4.78 is 42.6. The summed E-state index contributed by atoms with van der Waals surface area (Å²) >= 11 is 0. The molecule has 7 heteroatoms. The number of hydrazone groups is 1. The van der Waals surface area contributed by atoms with E-state index in [-0.39, 0.29) is 0 Å². The normalized spacial score (nSPS) is 11.5. The van der Waals surface area contributed by atoms with Gasteiger partial charge in [-0.15, -0.1) is 0 Å². The van der Waals surface area contributed by atoms with Crippen molar-refractivity contribution in [3.05, 3.63) is 65.2 Å². The maximum atomic E-state index is 12.4. The van der Waals surface area contributed by atoms with Gasteiger partial charge in [0, 0.05) is 5.56 Å². The van der Waals surface area contributed by atoms with E-state index in [1.165, 1.54) is 18.3 Å². The van der Waals surface area contributed by atoms with Crippen molar-refractivity contribution in [3.8, 4) is 5.75 Å². The quantitative estimate of drug-likeness (QED) is 0.666. The lowest BCUT2D eigenvalue weighted by Crippen LogP contribution is -2.17. The third-order valence-electron chi connectivity index (χ3n) is 3.05. The second kappa shape index (κ2) is 7.63. The van der Waals surface area contributed by atoms with Gasteiger partial charge < -0.3 is 4.74 Å². The van der Waals surface area contributed by atoms with E-state index in [0.29, 0.717) is 23.5 Å². The van der Waals surface area contributed by atoms with E-state index in [4.69, 9.17) is 4.74 Å². The predicted octanol–water partition coefficient (Wildman–Crippen LogP) is 3.87. The Labute approximate surface area is 137 Å². The van der Waals surface area contributed by atoms with Gasteiger partial charge in [-0.05, 0) is 48.9 Å². The van der Waals surface area contributed by atoms with E-state index in [2.05, 4.69) is 10.5 Å². The molecule has 1 N–H and O–H groups in total. The first-order valence-electron chi connectivity index (χ1n) is 7.13. The van der Waals surface area contributed by atoms with Crippen LogP contribution in [0.15, 0.2) is 53.6 Å². The van der Waals surface area contributed by atoms with Crippen molar-refractivity contribution in [2.24, 2.45) is 5.10 Å². The standard InChI is InChI=1S/C17H15F3N2O2/c1-2-24-15-9-5-13(6-10-15)16(23)22-21-11-12-3-7-14(8-4-12)17(18,19)20/h3-11H,2H2,1H3,(H,22,23)/b21-11-. The average Bonchev–Trinajstić information content (AvgIpc) is 2.55. The Balaban J connectivity index is 1.94. The molecule has 0 unspecified atom stereocenters. The minimum absolute atomic E-state index is 0.392. The van der Waals surface area contributed by atoms with E-state index < -0.39 is 17.6 Å². The Hall–Kier alpha value is -2.83. The molecule has 2 aromatic rings. The van der Waals surface area contributed by atoms with E-state index in [0.717, 1.165) is 12.1 Å². The fourth-order valence-electron chi connectivity index (χ4n) is 1.86. The molecule has 1 amide bonds. The number of nitrogens with one attached hydrogen (secondary N) is 1. The molecular formula is C17H15F3N2O2. The van der Waals surface area contributed by atoms with E-state index >= 15 is 0 Å². The molecule has 0 radical (unpaired) electrons. The summed E-state index contributed by atoms with van der Waals surface area (Å²) in [6, 6.07) is 11.0. The Morgan fingerprint density at radius 2 is 1.75 bits per heavy atom. The molecule has 0 heterocycles. The number of benzene rings is 2. The second-order valence-corrected chi connectivity index (χ2v) is 4.78. The maximum Gasteiger partial charge on any atom is 0.416 e. The average molecular weight is 336 g/mol. The summed E-state index contributed by atoms with van der Waals surface area (Å²) in [7, 11) is 0. The van der Waals surface area contributed by atoms with Gasteiger partial charge in [0.05, 0.1) is 18.4 Å². The Kier molecular flexibility index (Phi) is 5.57. The maximum absolute atomic E-state index is 12.4. The number of hydrogen-bond acceptors (Lipinski definition) is 3. The highest BCUT2D eigenvalue weighted by atomic mass is 19.4. The lowest BCUT2D eigenvalue weighted by atomic mass is 10.1. The van der Waals surface area contributed by atoms with Crippen LogP contribution in [0.25, 0.3) is 0 Å². The number of carbonyl (C=O) groups is 1. The first-order chi connectivity index (χ1) is 11.4. The second-order valence-electron chi connectivity index (χ2n) is 4.78. The molecule has 0 saturated heterocycles. The zero-order chi connectivity index (χ0) is 17.6. The van der Waals surface area contributed by atoms with E-state index in [1.54, 1.807) is 24.3 Å². The zero-order valence-corrected chi connectivity index (χ0v) is 12.8. The van der Waals surface area contributed by atoms with Crippen LogP contribution in [0.4, 0.5) is 13.2 Å². The van der Waals surface area contributed by atoms with Crippen molar-refractivity contribution < 1.29 is 22.7 Å². The highest BCUT2D eigenvalue weighted by Crippen LogP contribution is 2.28. The van der Waals surface area contributed by atoms with Gasteiger partial charge in [0.15, 0.2) is 0 Å². The van der Waals surface area contributed by atoms with Crippen molar-refractivity contribution in [2.75, 3.05) is 6.61 Å². The lowest BCUT2D eigenvalue weighted by Gasteiger charge is -2.06. The largest absolute Gasteiger partial charge is 0.494 e. The van der Waals surface area contributed by atoms with Crippen LogP contribution >= 0.6 is 0 Å².